The van der Waals surface area contributed by atoms with Crippen molar-refractivity contribution in [3.63, 3.8) is 0 Å². The van der Waals surface area contributed by atoms with E-state index >= 15 is 0 Å². The maximum atomic E-state index is 14.3. The Balaban J connectivity index is 1.42. The second kappa shape index (κ2) is 12.5. The molecule has 0 radical (unpaired) electrons. The van der Waals surface area contributed by atoms with Crippen molar-refractivity contribution in [2.24, 2.45) is 0 Å². The van der Waals surface area contributed by atoms with Gasteiger partial charge in [0.25, 0.3) is 0 Å². The maximum Gasteiger partial charge on any atom is 0.507 e. The first kappa shape index (κ1) is 29.7. The molecule has 0 saturated heterocycles. The number of aromatic nitrogens is 1. The summed E-state index contributed by atoms with van der Waals surface area (Å²) in [6.45, 7) is 5.66. The lowest BCUT2D eigenvalue weighted by Gasteiger charge is -2.22. The van der Waals surface area contributed by atoms with Crippen LogP contribution in [0, 0.1) is 17.5 Å². The normalized spacial score (nSPS) is 13.4. The third kappa shape index (κ3) is 7.47. The molecule has 3 aromatic rings. The number of hydrogen-bond donors (Lipinski definition) is 1. The predicted molar refractivity (Wildman–Crippen MR) is 143 cm³/mol. The quantitative estimate of drug-likeness (QED) is 0.171. The Kier molecular flexibility index (Phi) is 9.05. The van der Waals surface area contributed by atoms with Crippen molar-refractivity contribution in [2.45, 2.75) is 58.7 Å². The Bertz CT molecular complexity index is 1430. The fraction of sp³-hybridized carbons (Fsp3) is 0.367. The zero-order valence-corrected chi connectivity index (χ0v) is 23.2. The average molecular weight is 573 g/mol. The minimum Gasteiger partial charge on any atom is -0.493 e. The van der Waals surface area contributed by atoms with Gasteiger partial charge in [0.1, 0.15) is 24.1 Å². The Morgan fingerprint density at radius 2 is 1.83 bits per heavy atom. The first-order chi connectivity index (χ1) is 19.4. The van der Waals surface area contributed by atoms with Crippen LogP contribution in [0.3, 0.4) is 0 Å². The molecule has 41 heavy (non-hydrogen) atoms. The molecule has 0 aliphatic carbocycles. The number of amides is 2. The molecule has 218 valence electrons. The van der Waals surface area contributed by atoms with Gasteiger partial charge < -0.3 is 19.6 Å². The Labute approximate surface area is 236 Å². The standard InChI is InChI=1S/C30H33F3N3O5/c1-30(2,3)41-29(38)35(25-7-4-5-15-36(25)39)14-6-16-40-23-11-8-20-10-13-26(37)34(19-22(20)17-23)18-21-9-12-24(31)28(33)27(21)32/h4-5,7-9,11-12,15,17,39H,6,10,13-14,16,18-19H2,1-3H3/q+1. The van der Waals surface area contributed by atoms with Crippen LogP contribution in [-0.2, 0) is 29.0 Å². The van der Waals surface area contributed by atoms with Crippen molar-refractivity contribution in [1.29, 1.82) is 0 Å². The number of ether oxygens (including phenoxy) is 2. The highest BCUT2D eigenvalue weighted by Gasteiger charge is 2.32. The van der Waals surface area contributed by atoms with Crippen molar-refractivity contribution >= 4 is 17.8 Å². The molecule has 1 aliphatic rings. The van der Waals surface area contributed by atoms with Gasteiger partial charge in [-0.1, -0.05) is 22.9 Å². The molecule has 0 spiro atoms. The van der Waals surface area contributed by atoms with Gasteiger partial charge >= 0.3 is 11.9 Å². The third-order valence-electron chi connectivity index (χ3n) is 6.48. The van der Waals surface area contributed by atoms with E-state index in [-0.39, 0.29) is 50.0 Å². The lowest BCUT2D eigenvalue weighted by molar-refractivity contribution is -0.894. The van der Waals surface area contributed by atoms with Gasteiger partial charge in [0, 0.05) is 37.6 Å². The first-order valence-electron chi connectivity index (χ1n) is 13.3. The molecule has 4 rings (SSSR count). The highest BCUT2D eigenvalue weighted by molar-refractivity contribution is 5.85. The monoisotopic (exact) mass is 572 g/mol. The number of fused-ring (bicyclic) bond motifs is 1. The van der Waals surface area contributed by atoms with E-state index in [1.807, 2.05) is 6.07 Å². The molecule has 0 bridgehead atoms. The van der Waals surface area contributed by atoms with Gasteiger partial charge in [0.15, 0.2) is 17.5 Å². The molecule has 1 N–H and O–H groups in total. The van der Waals surface area contributed by atoms with Gasteiger partial charge in [0.2, 0.25) is 5.91 Å². The smallest absolute Gasteiger partial charge is 0.493 e. The number of carbonyl (C=O) groups excluding carboxylic acids is 2. The van der Waals surface area contributed by atoms with E-state index in [0.29, 0.717) is 18.6 Å². The van der Waals surface area contributed by atoms with Crippen LogP contribution in [0.25, 0.3) is 0 Å². The molecule has 8 nitrogen and oxygen atoms in total. The molecular formula is C30H33F3N3O5+. The summed E-state index contributed by atoms with van der Waals surface area (Å²) in [5.41, 5.74) is 0.906. The van der Waals surface area contributed by atoms with Gasteiger partial charge in [-0.15, -0.1) is 0 Å². The van der Waals surface area contributed by atoms with Crippen LogP contribution in [0.1, 0.15) is 50.3 Å². The summed E-state index contributed by atoms with van der Waals surface area (Å²) in [5, 5.41) is 10.2. The van der Waals surface area contributed by atoms with Crippen molar-refractivity contribution in [3.8, 4) is 5.75 Å². The van der Waals surface area contributed by atoms with E-state index in [1.165, 1.54) is 16.0 Å². The van der Waals surface area contributed by atoms with E-state index in [9.17, 15) is 28.0 Å². The highest BCUT2D eigenvalue weighted by Crippen LogP contribution is 2.26. The molecule has 0 atom stereocenters. The molecule has 2 heterocycles. The van der Waals surface area contributed by atoms with Crippen LogP contribution in [0.15, 0.2) is 54.7 Å². The molecule has 0 saturated carbocycles. The lowest BCUT2D eigenvalue weighted by atomic mass is 10.0. The topological polar surface area (TPSA) is 83.2 Å². The van der Waals surface area contributed by atoms with Crippen molar-refractivity contribution in [1.82, 2.24) is 4.90 Å². The van der Waals surface area contributed by atoms with Crippen molar-refractivity contribution < 1.29 is 42.2 Å². The predicted octanol–water partition coefficient (Wildman–Crippen LogP) is 5.31. The highest BCUT2D eigenvalue weighted by atomic mass is 19.2. The van der Waals surface area contributed by atoms with Crippen molar-refractivity contribution in [3.05, 3.63) is 88.9 Å². The lowest BCUT2D eigenvalue weighted by Crippen LogP contribution is -2.45. The number of halogens is 3. The molecule has 2 aromatic carbocycles. The van der Waals surface area contributed by atoms with E-state index in [2.05, 4.69) is 0 Å². The molecule has 0 fully saturated rings. The number of nitrogens with zero attached hydrogens (tertiary/aromatic N) is 3. The van der Waals surface area contributed by atoms with Crippen molar-refractivity contribution in [2.75, 3.05) is 18.1 Å². The van der Waals surface area contributed by atoms with Crippen LogP contribution in [-0.4, -0.2) is 40.9 Å². The van der Waals surface area contributed by atoms with E-state index in [0.717, 1.165) is 28.0 Å². The second-order valence-corrected chi connectivity index (χ2v) is 10.8. The van der Waals surface area contributed by atoms with Gasteiger partial charge in [-0.25, -0.2) is 13.2 Å². The van der Waals surface area contributed by atoms with Crippen LogP contribution in [0.5, 0.6) is 5.75 Å². The van der Waals surface area contributed by atoms with Gasteiger partial charge in [0.05, 0.1) is 6.61 Å². The van der Waals surface area contributed by atoms with E-state index in [1.54, 1.807) is 51.1 Å². The van der Waals surface area contributed by atoms with Crippen LogP contribution in [0.4, 0.5) is 23.8 Å². The Hall–Kier alpha value is -4.28. The van der Waals surface area contributed by atoms with E-state index < -0.39 is 29.1 Å². The molecular weight excluding hydrogens is 539 g/mol. The minimum atomic E-state index is -1.56. The number of hydrogen-bond acceptors (Lipinski definition) is 5. The van der Waals surface area contributed by atoms with Crippen LogP contribution < -0.4 is 14.4 Å². The summed E-state index contributed by atoms with van der Waals surface area (Å²) in [7, 11) is 0. The summed E-state index contributed by atoms with van der Waals surface area (Å²) in [6, 6.07) is 12.4. The summed E-state index contributed by atoms with van der Waals surface area (Å²) in [5.74, 6) is -3.59. The first-order valence-corrected chi connectivity index (χ1v) is 13.3. The van der Waals surface area contributed by atoms with Gasteiger partial charge in [-0.2, -0.15) is 9.69 Å². The zero-order chi connectivity index (χ0) is 29.7. The fourth-order valence-corrected chi connectivity index (χ4v) is 4.48. The third-order valence-corrected chi connectivity index (χ3v) is 6.48. The SMILES string of the molecule is CC(C)(C)OC(=O)N(CCCOc1ccc2c(c1)CN(Cc1ccc(F)c(F)c1F)C(=O)CC2)c1cccc[n+]1O. The number of anilines is 1. The average Bonchev–Trinajstić information content (AvgIpc) is 3.06. The summed E-state index contributed by atoms with van der Waals surface area (Å²) < 4.78 is 53.6. The second-order valence-electron chi connectivity index (χ2n) is 10.8. The number of rotatable bonds is 8. The molecule has 1 aliphatic heterocycles. The van der Waals surface area contributed by atoms with Gasteiger partial charge in [-0.05, 0) is 62.6 Å². The van der Waals surface area contributed by atoms with E-state index in [4.69, 9.17) is 9.47 Å². The molecule has 1 aromatic heterocycles. The largest absolute Gasteiger partial charge is 0.507 e. The van der Waals surface area contributed by atoms with Gasteiger partial charge in [-0.3, -0.25) is 4.79 Å². The Morgan fingerprint density at radius 3 is 2.56 bits per heavy atom. The number of aryl methyl sites for hydroxylation is 1. The summed E-state index contributed by atoms with van der Waals surface area (Å²) in [6.07, 6.45) is 1.88. The molecule has 2 amide bonds. The summed E-state index contributed by atoms with van der Waals surface area (Å²) >= 11 is 0. The zero-order valence-electron chi connectivity index (χ0n) is 23.2. The fourth-order valence-electron chi connectivity index (χ4n) is 4.48. The number of benzene rings is 2. The summed E-state index contributed by atoms with van der Waals surface area (Å²) in [4.78, 5) is 28.3. The number of pyridine rings is 1. The molecule has 11 heteroatoms. The van der Waals surface area contributed by atoms with Crippen LogP contribution in [0.2, 0.25) is 0 Å². The minimum absolute atomic E-state index is 0.106. The molecule has 0 unspecified atom stereocenters. The van der Waals surface area contributed by atoms with Crippen LogP contribution >= 0.6 is 0 Å². The maximum absolute atomic E-state index is 14.3. The number of carbonyl (C=O) groups is 2. The Morgan fingerprint density at radius 1 is 1.05 bits per heavy atom.